The molecule has 8 nitrogen and oxygen atoms in total. The summed E-state index contributed by atoms with van der Waals surface area (Å²) < 4.78 is 4.94. The van der Waals surface area contributed by atoms with Crippen LogP contribution in [0.5, 0.6) is 0 Å². The summed E-state index contributed by atoms with van der Waals surface area (Å²) in [7, 11) is 0. The van der Waals surface area contributed by atoms with Gasteiger partial charge in [0.2, 0.25) is 6.41 Å². The summed E-state index contributed by atoms with van der Waals surface area (Å²) in [4.78, 5) is 43.0. The SMILES string of the molecule is CCOC(=O)c1ccc(NC(=O)c2cc(N3CCN(C=O)CC3)ccn2)cc1. The number of nitrogens with one attached hydrogen (secondary N) is 1. The first kappa shape index (κ1) is 19.3. The average molecular weight is 382 g/mol. The van der Waals surface area contributed by atoms with E-state index in [0.29, 0.717) is 49.7 Å². The van der Waals surface area contributed by atoms with E-state index in [1.165, 1.54) is 0 Å². The zero-order valence-corrected chi connectivity index (χ0v) is 15.6. The summed E-state index contributed by atoms with van der Waals surface area (Å²) in [5.41, 5.74) is 2.17. The fraction of sp³-hybridized carbons (Fsp3) is 0.300. The summed E-state index contributed by atoms with van der Waals surface area (Å²) in [6.07, 6.45) is 2.45. The van der Waals surface area contributed by atoms with Crippen molar-refractivity contribution in [3.8, 4) is 0 Å². The van der Waals surface area contributed by atoms with Crippen molar-refractivity contribution >= 4 is 29.7 Å². The van der Waals surface area contributed by atoms with Crippen molar-refractivity contribution in [3.05, 3.63) is 53.9 Å². The monoisotopic (exact) mass is 382 g/mol. The van der Waals surface area contributed by atoms with Crippen molar-refractivity contribution in [2.24, 2.45) is 0 Å². The molecule has 1 aliphatic rings. The molecule has 1 aromatic heterocycles. The lowest BCUT2D eigenvalue weighted by molar-refractivity contribution is -0.118. The number of nitrogens with zero attached hydrogens (tertiary/aromatic N) is 3. The van der Waals surface area contributed by atoms with Crippen LogP contribution in [0.1, 0.15) is 27.8 Å². The van der Waals surface area contributed by atoms with E-state index in [1.807, 2.05) is 6.07 Å². The third-order valence-corrected chi connectivity index (χ3v) is 4.46. The van der Waals surface area contributed by atoms with Gasteiger partial charge in [0.25, 0.3) is 5.91 Å². The van der Waals surface area contributed by atoms with Crippen LogP contribution in [0.4, 0.5) is 11.4 Å². The summed E-state index contributed by atoms with van der Waals surface area (Å²) in [5, 5.41) is 2.78. The first-order valence-corrected chi connectivity index (χ1v) is 9.09. The van der Waals surface area contributed by atoms with E-state index in [1.54, 1.807) is 48.4 Å². The minimum absolute atomic E-state index is 0.296. The Morgan fingerprint density at radius 2 is 1.86 bits per heavy atom. The van der Waals surface area contributed by atoms with Gasteiger partial charge in [-0.1, -0.05) is 0 Å². The van der Waals surface area contributed by atoms with E-state index in [9.17, 15) is 14.4 Å². The van der Waals surface area contributed by atoms with Crippen LogP contribution in [-0.4, -0.2) is 61.0 Å². The molecule has 0 bridgehead atoms. The van der Waals surface area contributed by atoms with Crippen molar-refractivity contribution in [1.82, 2.24) is 9.88 Å². The van der Waals surface area contributed by atoms with Crippen molar-refractivity contribution in [1.29, 1.82) is 0 Å². The number of hydrogen-bond donors (Lipinski definition) is 1. The maximum atomic E-state index is 12.5. The van der Waals surface area contributed by atoms with Crippen LogP contribution in [0.3, 0.4) is 0 Å². The van der Waals surface area contributed by atoms with Crippen molar-refractivity contribution in [2.45, 2.75) is 6.92 Å². The van der Waals surface area contributed by atoms with Gasteiger partial charge in [-0.2, -0.15) is 0 Å². The molecule has 1 saturated heterocycles. The molecule has 0 saturated carbocycles. The molecule has 1 N–H and O–H groups in total. The predicted molar refractivity (Wildman–Crippen MR) is 104 cm³/mol. The van der Waals surface area contributed by atoms with E-state index >= 15 is 0 Å². The molecule has 1 aromatic carbocycles. The molecule has 28 heavy (non-hydrogen) atoms. The van der Waals surface area contributed by atoms with Gasteiger partial charge in [0.15, 0.2) is 0 Å². The summed E-state index contributed by atoms with van der Waals surface area (Å²) >= 11 is 0. The molecule has 0 aliphatic carbocycles. The highest BCUT2D eigenvalue weighted by atomic mass is 16.5. The number of carbonyl (C=O) groups excluding carboxylic acids is 3. The number of anilines is 2. The van der Waals surface area contributed by atoms with Crippen molar-refractivity contribution in [2.75, 3.05) is 43.0 Å². The molecule has 0 radical (unpaired) electrons. The maximum Gasteiger partial charge on any atom is 0.338 e. The standard InChI is InChI=1S/C20H22N4O4/c1-2-28-20(27)15-3-5-16(6-4-15)22-19(26)18-13-17(7-8-21-18)24-11-9-23(14-25)10-12-24/h3-8,13-14H,2,9-12H2,1H3,(H,22,26). The Bertz CT molecular complexity index is 846. The number of carbonyl (C=O) groups is 3. The number of esters is 1. The van der Waals surface area contributed by atoms with Gasteiger partial charge in [-0.25, -0.2) is 4.79 Å². The van der Waals surface area contributed by atoms with Gasteiger partial charge >= 0.3 is 5.97 Å². The van der Waals surface area contributed by atoms with Crippen molar-refractivity contribution in [3.63, 3.8) is 0 Å². The highest BCUT2D eigenvalue weighted by Crippen LogP contribution is 2.18. The first-order chi connectivity index (χ1) is 13.6. The number of amides is 2. The lowest BCUT2D eigenvalue weighted by Crippen LogP contribution is -2.45. The molecule has 0 unspecified atom stereocenters. The van der Waals surface area contributed by atoms with Crippen LogP contribution in [0.25, 0.3) is 0 Å². The minimum Gasteiger partial charge on any atom is -0.462 e. The Morgan fingerprint density at radius 3 is 2.50 bits per heavy atom. The van der Waals surface area contributed by atoms with E-state index in [4.69, 9.17) is 4.74 Å². The fourth-order valence-corrected chi connectivity index (χ4v) is 2.92. The van der Waals surface area contributed by atoms with Crippen LogP contribution < -0.4 is 10.2 Å². The Balaban J connectivity index is 1.65. The molecule has 0 atom stereocenters. The highest BCUT2D eigenvalue weighted by molar-refractivity contribution is 6.03. The predicted octanol–water partition coefficient (Wildman–Crippen LogP) is 1.79. The number of rotatable bonds is 6. The van der Waals surface area contributed by atoms with Crippen molar-refractivity contribution < 1.29 is 19.1 Å². The topological polar surface area (TPSA) is 91.8 Å². The minimum atomic E-state index is -0.399. The second-order valence-corrected chi connectivity index (χ2v) is 6.28. The Hall–Kier alpha value is -3.42. The van der Waals surface area contributed by atoms with Gasteiger partial charge in [-0.15, -0.1) is 0 Å². The van der Waals surface area contributed by atoms with Gasteiger partial charge in [-0.05, 0) is 43.3 Å². The molecule has 146 valence electrons. The Kier molecular flexibility index (Phi) is 6.21. The second-order valence-electron chi connectivity index (χ2n) is 6.28. The number of pyridine rings is 1. The van der Waals surface area contributed by atoms with E-state index in [-0.39, 0.29) is 5.91 Å². The van der Waals surface area contributed by atoms with Gasteiger partial charge in [0.05, 0.1) is 12.2 Å². The fourth-order valence-electron chi connectivity index (χ4n) is 2.92. The summed E-state index contributed by atoms with van der Waals surface area (Å²) in [6, 6.07) is 10.1. The molecule has 2 amide bonds. The molecule has 3 rings (SSSR count). The lowest BCUT2D eigenvalue weighted by atomic mass is 10.2. The van der Waals surface area contributed by atoms with Crippen LogP contribution >= 0.6 is 0 Å². The first-order valence-electron chi connectivity index (χ1n) is 9.09. The molecule has 0 spiro atoms. The molecule has 2 heterocycles. The van der Waals surface area contributed by atoms with E-state index < -0.39 is 5.97 Å². The second kappa shape index (κ2) is 8.98. The number of benzene rings is 1. The zero-order valence-electron chi connectivity index (χ0n) is 15.6. The Morgan fingerprint density at radius 1 is 1.14 bits per heavy atom. The molecule has 1 aliphatic heterocycles. The molecule has 8 heteroatoms. The van der Waals surface area contributed by atoms with Gasteiger partial charge < -0.3 is 19.9 Å². The van der Waals surface area contributed by atoms with Crippen LogP contribution in [-0.2, 0) is 9.53 Å². The number of piperazine rings is 1. The van der Waals surface area contributed by atoms with Gasteiger partial charge in [0, 0.05) is 43.8 Å². The highest BCUT2D eigenvalue weighted by Gasteiger charge is 2.17. The Labute approximate surface area is 163 Å². The maximum absolute atomic E-state index is 12.5. The van der Waals surface area contributed by atoms with Crippen LogP contribution in [0, 0.1) is 0 Å². The quantitative estimate of drug-likeness (QED) is 0.605. The third kappa shape index (κ3) is 4.64. The normalized spacial score (nSPS) is 13.8. The summed E-state index contributed by atoms with van der Waals surface area (Å²) in [6.45, 7) is 4.78. The molecule has 2 aromatic rings. The zero-order chi connectivity index (χ0) is 19.9. The third-order valence-electron chi connectivity index (χ3n) is 4.46. The van der Waals surface area contributed by atoms with Crippen LogP contribution in [0.15, 0.2) is 42.6 Å². The number of hydrogen-bond acceptors (Lipinski definition) is 6. The summed E-state index contributed by atoms with van der Waals surface area (Å²) in [5.74, 6) is -0.735. The largest absolute Gasteiger partial charge is 0.462 e. The molecular formula is C20H22N4O4. The number of ether oxygens (including phenoxy) is 1. The van der Waals surface area contributed by atoms with E-state index in [2.05, 4.69) is 15.2 Å². The smallest absolute Gasteiger partial charge is 0.338 e. The molecule has 1 fully saturated rings. The molecular weight excluding hydrogens is 360 g/mol. The lowest BCUT2D eigenvalue weighted by Gasteiger charge is -2.34. The van der Waals surface area contributed by atoms with Crippen LogP contribution in [0.2, 0.25) is 0 Å². The van der Waals surface area contributed by atoms with Gasteiger partial charge in [0.1, 0.15) is 5.69 Å². The van der Waals surface area contributed by atoms with Gasteiger partial charge in [-0.3, -0.25) is 14.6 Å². The average Bonchev–Trinajstić information content (AvgIpc) is 2.74. The van der Waals surface area contributed by atoms with E-state index in [0.717, 1.165) is 12.1 Å². The number of aromatic nitrogens is 1.